The Bertz CT molecular complexity index is 696. The number of rotatable bonds is 4. The summed E-state index contributed by atoms with van der Waals surface area (Å²) in [4.78, 5) is 17.1. The third-order valence-corrected chi connectivity index (χ3v) is 4.48. The summed E-state index contributed by atoms with van der Waals surface area (Å²) in [6.45, 7) is 4.90. The Morgan fingerprint density at radius 1 is 1.50 bits per heavy atom. The largest absolute Gasteiger partial charge is 0.493 e. The molecule has 0 aliphatic carbocycles. The maximum atomic E-state index is 11.9. The Hall–Kier alpha value is -2.08. The van der Waals surface area contributed by atoms with Crippen LogP contribution >= 0.6 is 11.3 Å². The monoisotopic (exact) mass is 317 g/mol. The van der Waals surface area contributed by atoms with Crippen molar-refractivity contribution in [2.75, 3.05) is 17.7 Å². The lowest BCUT2D eigenvalue weighted by Crippen LogP contribution is -2.22. The summed E-state index contributed by atoms with van der Waals surface area (Å²) in [5.74, 6) is 1.85. The van der Waals surface area contributed by atoms with E-state index in [0.717, 1.165) is 16.2 Å². The molecular formula is C16H19N3O2S. The van der Waals surface area contributed by atoms with E-state index in [4.69, 9.17) is 10.5 Å². The summed E-state index contributed by atoms with van der Waals surface area (Å²) in [5.41, 5.74) is 6.84. The van der Waals surface area contributed by atoms with Gasteiger partial charge in [-0.1, -0.05) is 37.3 Å². The predicted molar refractivity (Wildman–Crippen MR) is 88.4 cm³/mol. The van der Waals surface area contributed by atoms with Crippen molar-refractivity contribution in [3.8, 4) is 5.75 Å². The number of ether oxygens (including phenoxy) is 1. The summed E-state index contributed by atoms with van der Waals surface area (Å²) in [6, 6.07) is 7.93. The molecule has 1 aliphatic heterocycles. The molecule has 1 aliphatic rings. The van der Waals surface area contributed by atoms with Crippen LogP contribution in [0.25, 0.3) is 0 Å². The fraction of sp³-hybridized carbons (Fsp3) is 0.375. The number of fused-ring (bicyclic) bond motifs is 1. The van der Waals surface area contributed by atoms with Gasteiger partial charge in [-0.3, -0.25) is 4.79 Å². The summed E-state index contributed by atoms with van der Waals surface area (Å²) in [6.07, 6.45) is 0.405. The number of nitrogens with zero attached hydrogens (tertiary/aromatic N) is 1. The van der Waals surface area contributed by atoms with Gasteiger partial charge in [-0.05, 0) is 23.6 Å². The fourth-order valence-corrected chi connectivity index (χ4v) is 3.41. The second-order valence-corrected chi connectivity index (χ2v) is 6.91. The van der Waals surface area contributed by atoms with Gasteiger partial charge in [0, 0.05) is 12.3 Å². The smallest absolute Gasteiger partial charge is 0.226 e. The molecule has 22 heavy (non-hydrogen) atoms. The summed E-state index contributed by atoms with van der Waals surface area (Å²) in [5, 5.41) is 3.26. The number of nitrogen functional groups attached to an aromatic ring is 1. The number of aromatic nitrogens is 1. The zero-order chi connectivity index (χ0) is 15.7. The normalized spacial score (nSPS) is 17.2. The minimum atomic E-state index is -0.0312. The van der Waals surface area contributed by atoms with Crippen LogP contribution < -0.4 is 15.8 Å². The van der Waals surface area contributed by atoms with E-state index in [1.54, 1.807) is 0 Å². The van der Waals surface area contributed by atoms with Crippen LogP contribution in [0.3, 0.4) is 0 Å². The standard InChI is InChI=1S/C16H19N3O2S/c1-9(2)8-21-11-5-3-4-10(6-11)12-7-13(20)18-15-14(12)22-16(17)19-15/h3-6,9,12H,7-8H2,1-2H3,(H2,17,19)(H,18,20). The minimum Gasteiger partial charge on any atom is -0.493 e. The van der Waals surface area contributed by atoms with E-state index in [9.17, 15) is 4.79 Å². The van der Waals surface area contributed by atoms with E-state index in [0.29, 0.717) is 29.9 Å². The van der Waals surface area contributed by atoms with Crippen molar-refractivity contribution < 1.29 is 9.53 Å². The SMILES string of the molecule is CC(C)COc1cccc(C2CC(=O)Nc3nc(N)sc32)c1. The Morgan fingerprint density at radius 2 is 2.32 bits per heavy atom. The van der Waals surface area contributed by atoms with Crippen LogP contribution in [-0.2, 0) is 4.79 Å². The fourth-order valence-electron chi connectivity index (χ4n) is 2.49. The van der Waals surface area contributed by atoms with E-state index >= 15 is 0 Å². The summed E-state index contributed by atoms with van der Waals surface area (Å²) in [7, 11) is 0. The van der Waals surface area contributed by atoms with Gasteiger partial charge in [-0.2, -0.15) is 0 Å². The van der Waals surface area contributed by atoms with Crippen LogP contribution in [0.15, 0.2) is 24.3 Å². The number of benzene rings is 1. The van der Waals surface area contributed by atoms with Gasteiger partial charge < -0.3 is 15.8 Å². The van der Waals surface area contributed by atoms with Gasteiger partial charge in [0.1, 0.15) is 11.6 Å². The zero-order valence-corrected chi connectivity index (χ0v) is 13.4. The molecule has 3 rings (SSSR count). The Kier molecular flexibility index (Phi) is 4.02. The first-order chi connectivity index (χ1) is 10.5. The van der Waals surface area contributed by atoms with Gasteiger partial charge in [0.15, 0.2) is 5.13 Å². The maximum Gasteiger partial charge on any atom is 0.226 e. The van der Waals surface area contributed by atoms with Gasteiger partial charge in [0.25, 0.3) is 0 Å². The van der Waals surface area contributed by atoms with Gasteiger partial charge in [0.05, 0.1) is 11.5 Å². The van der Waals surface area contributed by atoms with Gasteiger partial charge >= 0.3 is 0 Å². The van der Waals surface area contributed by atoms with Gasteiger partial charge in [0.2, 0.25) is 5.91 Å². The van der Waals surface area contributed by atoms with Crippen molar-refractivity contribution in [2.24, 2.45) is 5.92 Å². The highest BCUT2D eigenvalue weighted by Gasteiger charge is 2.30. The number of carbonyl (C=O) groups excluding carboxylic acids is 1. The molecule has 1 unspecified atom stereocenters. The number of hydrogen-bond acceptors (Lipinski definition) is 5. The molecule has 0 bridgehead atoms. The molecule has 0 saturated carbocycles. The highest BCUT2D eigenvalue weighted by molar-refractivity contribution is 7.16. The average molecular weight is 317 g/mol. The average Bonchev–Trinajstić information content (AvgIpc) is 2.84. The third-order valence-electron chi connectivity index (χ3n) is 3.48. The molecule has 5 nitrogen and oxygen atoms in total. The molecule has 0 radical (unpaired) electrons. The quantitative estimate of drug-likeness (QED) is 0.907. The molecule has 0 fully saturated rings. The van der Waals surface area contributed by atoms with Crippen molar-refractivity contribution >= 4 is 28.2 Å². The van der Waals surface area contributed by atoms with Crippen LogP contribution in [0.4, 0.5) is 10.9 Å². The molecule has 1 aromatic carbocycles. The van der Waals surface area contributed by atoms with Crippen molar-refractivity contribution in [1.82, 2.24) is 4.98 Å². The molecule has 1 atom stereocenters. The maximum absolute atomic E-state index is 11.9. The van der Waals surface area contributed by atoms with E-state index in [1.807, 2.05) is 24.3 Å². The molecule has 0 saturated heterocycles. The number of nitrogens with two attached hydrogens (primary N) is 1. The predicted octanol–water partition coefficient (Wildman–Crippen LogP) is 3.23. The first-order valence-corrected chi connectivity index (χ1v) is 8.13. The number of thiazole rings is 1. The summed E-state index contributed by atoms with van der Waals surface area (Å²) < 4.78 is 5.78. The number of hydrogen-bond donors (Lipinski definition) is 2. The molecule has 2 heterocycles. The van der Waals surface area contributed by atoms with Crippen LogP contribution in [0, 0.1) is 5.92 Å². The van der Waals surface area contributed by atoms with Gasteiger partial charge in [-0.15, -0.1) is 0 Å². The van der Waals surface area contributed by atoms with Crippen molar-refractivity contribution in [3.05, 3.63) is 34.7 Å². The second kappa shape index (κ2) is 5.96. The number of amides is 1. The van der Waals surface area contributed by atoms with Gasteiger partial charge in [-0.25, -0.2) is 4.98 Å². The second-order valence-electron chi connectivity index (χ2n) is 5.85. The van der Waals surface area contributed by atoms with E-state index in [2.05, 4.69) is 24.1 Å². The Morgan fingerprint density at radius 3 is 3.09 bits per heavy atom. The summed E-state index contributed by atoms with van der Waals surface area (Å²) >= 11 is 1.43. The molecular weight excluding hydrogens is 298 g/mol. The van der Waals surface area contributed by atoms with Crippen molar-refractivity contribution in [2.45, 2.75) is 26.2 Å². The lowest BCUT2D eigenvalue weighted by atomic mass is 9.91. The van der Waals surface area contributed by atoms with Crippen LogP contribution in [-0.4, -0.2) is 17.5 Å². The van der Waals surface area contributed by atoms with E-state index in [-0.39, 0.29) is 11.8 Å². The topological polar surface area (TPSA) is 77.2 Å². The zero-order valence-electron chi connectivity index (χ0n) is 12.6. The minimum absolute atomic E-state index is 0.0128. The molecule has 1 aromatic heterocycles. The number of carbonyl (C=O) groups is 1. The highest BCUT2D eigenvalue weighted by atomic mass is 32.1. The first kappa shape index (κ1) is 14.8. The lowest BCUT2D eigenvalue weighted by molar-refractivity contribution is -0.116. The Labute approximate surface area is 133 Å². The van der Waals surface area contributed by atoms with E-state index in [1.165, 1.54) is 11.3 Å². The van der Waals surface area contributed by atoms with E-state index < -0.39 is 0 Å². The molecule has 1 amide bonds. The molecule has 116 valence electrons. The van der Waals surface area contributed by atoms with Crippen LogP contribution in [0.2, 0.25) is 0 Å². The lowest BCUT2D eigenvalue weighted by Gasteiger charge is -2.22. The third kappa shape index (κ3) is 3.06. The van der Waals surface area contributed by atoms with Crippen molar-refractivity contribution in [3.63, 3.8) is 0 Å². The molecule has 2 aromatic rings. The number of anilines is 2. The van der Waals surface area contributed by atoms with Crippen LogP contribution in [0.5, 0.6) is 5.75 Å². The van der Waals surface area contributed by atoms with Crippen LogP contribution in [0.1, 0.15) is 36.6 Å². The molecule has 0 spiro atoms. The first-order valence-electron chi connectivity index (χ1n) is 7.31. The molecule has 3 N–H and O–H groups in total. The molecule has 6 heteroatoms. The Balaban J connectivity index is 1.90. The van der Waals surface area contributed by atoms with Crippen molar-refractivity contribution in [1.29, 1.82) is 0 Å². The highest BCUT2D eigenvalue weighted by Crippen LogP contribution is 2.42. The number of nitrogens with one attached hydrogen (secondary N) is 1.